The van der Waals surface area contributed by atoms with Gasteiger partial charge in [-0.15, -0.1) is 0 Å². The Bertz CT molecular complexity index is 306. The van der Waals surface area contributed by atoms with E-state index in [-0.39, 0.29) is 0 Å². The van der Waals surface area contributed by atoms with Crippen LogP contribution in [0.25, 0.3) is 0 Å². The van der Waals surface area contributed by atoms with Crippen molar-refractivity contribution < 1.29 is 0 Å². The fraction of sp³-hybridized carbons (Fsp3) is 0.556. The van der Waals surface area contributed by atoms with E-state index < -0.39 is 0 Å². The van der Waals surface area contributed by atoms with Crippen molar-refractivity contribution >= 4 is 23.0 Å². The molecule has 78 valence electrons. The third-order valence-corrected chi connectivity index (χ3v) is 1.97. The number of hydrogen-bond acceptors (Lipinski definition) is 2. The van der Waals surface area contributed by atoms with Gasteiger partial charge in [0.25, 0.3) is 0 Å². The number of rotatable bonds is 3. The first-order valence-corrected chi connectivity index (χ1v) is 5.13. The zero-order chi connectivity index (χ0) is 10.6. The predicted octanol–water partition coefficient (Wildman–Crippen LogP) is 1.77. The van der Waals surface area contributed by atoms with Crippen LogP contribution in [0.1, 0.15) is 26.8 Å². The summed E-state index contributed by atoms with van der Waals surface area (Å²) < 4.78 is 1.89. The third-order valence-electron chi connectivity index (χ3n) is 1.73. The van der Waals surface area contributed by atoms with E-state index in [2.05, 4.69) is 29.6 Å². The van der Waals surface area contributed by atoms with E-state index in [9.17, 15) is 0 Å². The summed E-state index contributed by atoms with van der Waals surface area (Å²) in [5.74, 6) is 0. The summed E-state index contributed by atoms with van der Waals surface area (Å²) >= 11 is 5.05. The molecule has 0 aliphatic heterocycles. The molecule has 1 aromatic heterocycles. The SMILES string of the molecule is CCNC(=S)Nc1cnn(C(C)C)c1. The Morgan fingerprint density at radius 1 is 1.64 bits per heavy atom. The Balaban J connectivity index is 2.55. The number of anilines is 1. The lowest BCUT2D eigenvalue weighted by atomic mass is 10.4. The van der Waals surface area contributed by atoms with Gasteiger partial charge in [-0.25, -0.2) is 0 Å². The zero-order valence-corrected chi connectivity index (χ0v) is 9.56. The molecule has 0 amide bonds. The van der Waals surface area contributed by atoms with Gasteiger partial charge in [0.1, 0.15) is 0 Å². The van der Waals surface area contributed by atoms with E-state index in [0.29, 0.717) is 11.2 Å². The smallest absolute Gasteiger partial charge is 0.170 e. The molecule has 1 aromatic rings. The fourth-order valence-electron chi connectivity index (χ4n) is 1.02. The van der Waals surface area contributed by atoms with Crippen LogP contribution >= 0.6 is 12.2 Å². The lowest BCUT2D eigenvalue weighted by Crippen LogP contribution is -2.27. The average Bonchev–Trinajstić information content (AvgIpc) is 2.53. The highest BCUT2D eigenvalue weighted by atomic mass is 32.1. The maximum Gasteiger partial charge on any atom is 0.170 e. The molecule has 0 aliphatic carbocycles. The topological polar surface area (TPSA) is 41.9 Å². The highest BCUT2D eigenvalue weighted by Crippen LogP contribution is 2.09. The number of nitrogens with zero attached hydrogens (tertiary/aromatic N) is 2. The lowest BCUT2D eigenvalue weighted by molar-refractivity contribution is 0.532. The maximum absolute atomic E-state index is 5.05. The van der Waals surface area contributed by atoms with E-state index >= 15 is 0 Å². The van der Waals surface area contributed by atoms with E-state index in [4.69, 9.17) is 12.2 Å². The molecule has 0 bridgehead atoms. The largest absolute Gasteiger partial charge is 0.363 e. The first kappa shape index (κ1) is 11.0. The van der Waals surface area contributed by atoms with Crippen LogP contribution in [0.2, 0.25) is 0 Å². The van der Waals surface area contributed by atoms with E-state index in [1.165, 1.54) is 0 Å². The zero-order valence-electron chi connectivity index (χ0n) is 8.74. The van der Waals surface area contributed by atoms with Gasteiger partial charge in [-0.2, -0.15) is 5.10 Å². The maximum atomic E-state index is 5.05. The van der Waals surface area contributed by atoms with Crippen molar-refractivity contribution in [2.75, 3.05) is 11.9 Å². The Hall–Kier alpha value is -1.10. The summed E-state index contributed by atoms with van der Waals surface area (Å²) in [4.78, 5) is 0. The van der Waals surface area contributed by atoms with Crippen LogP contribution in [-0.4, -0.2) is 21.4 Å². The van der Waals surface area contributed by atoms with Crippen LogP contribution in [0.5, 0.6) is 0 Å². The van der Waals surface area contributed by atoms with E-state index in [1.807, 2.05) is 17.8 Å². The quantitative estimate of drug-likeness (QED) is 0.749. The molecule has 1 heterocycles. The van der Waals surface area contributed by atoms with Crippen molar-refractivity contribution in [1.29, 1.82) is 0 Å². The molecule has 0 radical (unpaired) electrons. The first-order valence-electron chi connectivity index (χ1n) is 4.72. The number of thiocarbonyl (C=S) groups is 1. The lowest BCUT2D eigenvalue weighted by Gasteiger charge is -2.06. The molecule has 0 atom stereocenters. The van der Waals surface area contributed by atoms with E-state index in [1.54, 1.807) is 6.20 Å². The molecule has 0 fully saturated rings. The summed E-state index contributed by atoms with van der Waals surface area (Å²) in [6.07, 6.45) is 3.71. The van der Waals surface area contributed by atoms with Crippen LogP contribution in [0, 0.1) is 0 Å². The van der Waals surface area contributed by atoms with Gasteiger partial charge in [0, 0.05) is 18.8 Å². The minimum atomic E-state index is 0.373. The van der Waals surface area contributed by atoms with Gasteiger partial charge < -0.3 is 10.6 Å². The van der Waals surface area contributed by atoms with Gasteiger partial charge in [-0.1, -0.05) is 0 Å². The summed E-state index contributed by atoms with van der Waals surface area (Å²) in [5, 5.41) is 10.9. The van der Waals surface area contributed by atoms with Gasteiger partial charge in [-0.3, -0.25) is 4.68 Å². The fourth-order valence-corrected chi connectivity index (χ4v) is 1.28. The molecule has 0 saturated carbocycles. The molecular weight excluding hydrogens is 196 g/mol. The Morgan fingerprint density at radius 3 is 2.86 bits per heavy atom. The van der Waals surface area contributed by atoms with Crippen LogP contribution in [0.15, 0.2) is 12.4 Å². The van der Waals surface area contributed by atoms with Crippen LogP contribution < -0.4 is 10.6 Å². The van der Waals surface area contributed by atoms with Crippen molar-refractivity contribution in [2.45, 2.75) is 26.8 Å². The summed E-state index contributed by atoms with van der Waals surface area (Å²) in [7, 11) is 0. The molecule has 1 rings (SSSR count). The minimum absolute atomic E-state index is 0.373. The van der Waals surface area contributed by atoms with Gasteiger partial charge in [0.2, 0.25) is 0 Å². The molecule has 0 aromatic carbocycles. The molecule has 2 N–H and O–H groups in total. The minimum Gasteiger partial charge on any atom is -0.363 e. The van der Waals surface area contributed by atoms with Crippen molar-refractivity contribution in [3.05, 3.63) is 12.4 Å². The summed E-state index contributed by atoms with van der Waals surface area (Å²) in [6.45, 7) is 6.99. The van der Waals surface area contributed by atoms with Crippen LogP contribution in [-0.2, 0) is 0 Å². The molecule has 14 heavy (non-hydrogen) atoms. The van der Waals surface area contributed by atoms with Crippen LogP contribution in [0.3, 0.4) is 0 Å². The van der Waals surface area contributed by atoms with Crippen LogP contribution in [0.4, 0.5) is 5.69 Å². The molecule has 0 spiro atoms. The average molecular weight is 212 g/mol. The van der Waals surface area contributed by atoms with E-state index in [0.717, 1.165) is 12.2 Å². The number of aromatic nitrogens is 2. The Kier molecular flexibility index (Phi) is 3.88. The first-order chi connectivity index (χ1) is 6.63. The van der Waals surface area contributed by atoms with Gasteiger partial charge in [0.15, 0.2) is 5.11 Å². The van der Waals surface area contributed by atoms with Gasteiger partial charge in [-0.05, 0) is 33.0 Å². The molecule has 5 heteroatoms. The van der Waals surface area contributed by atoms with Gasteiger partial charge >= 0.3 is 0 Å². The second-order valence-electron chi connectivity index (χ2n) is 3.29. The molecule has 4 nitrogen and oxygen atoms in total. The molecule has 0 unspecified atom stereocenters. The predicted molar refractivity (Wildman–Crippen MR) is 62.5 cm³/mol. The van der Waals surface area contributed by atoms with Crippen molar-refractivity contribution in [3.8, 4) is 0 Å². The molecule has 0 aliphatic rings. The second-order valence-corrected chi connectivity index (χ2v) is 3.70. The molecule has 0 saturated heterocycles. The highest BCUT2D eigenvalue weighted by molar-refractivity contribution is 7.80. The normalized spacial score (nSPS) is 10.3. The van der Waals surface area contributed by atoms with Crippen molar-refractivity contribution in [2.24, 2.45) is 0 Å². The summed E-state index contributed by atoms with van der Waals surface area (Å²) in [5.41, 5.74) is 0.921. The third kappa shape index (κ3) is 2.99. The van der Waals surface area contributed by atoms with Crippen molar-refractivity contribution in [1.82, 2.24) is 15.1 Å². The Morgan fingerprint density at radius 2 is 2.36 bits per heavy atom. The standard InChI is InChI=1S/C9H16N4S/c1-4-10-9(14)12-8-5-11-13(6-8)7(2)3/h5-7H,4H2,1-3H3,(H2,10,12,14). The number of nitrogens with one attached hydrogen (secondary N) is 2. The number of hydrogen-bond donors (Lipinski definition) is 2. The van der Waals surface area contributed by atoms with Gasteiger partial charge in [0.05, 0.1) is 11.9 Å². The van der Waals surface area contributed by atoms with Crippen molar-refractivity contribution in [3.63, 3.8) is 0 Å². The summed E-state index contributed by atoms with van der Waals surface area (Å²) in [6, 6.07) is 0.373. The molecular formula is C9H16N4S. The second kappa shape index (κ2) is 4.95. The monoisotopic (exact) mass is 212 g/mol. The Labute approximate surface area is 89.7 Å². The highest BCUT2D eigenvalue weighted by Gasteiger charge is 2.02.